The number of piperidine rings is 1. The summed E-state index contributed by atoms with van der Waals surface area (Å²) in [5.41, 5.74) is -0.182. The topological polar surface area (TPSA) is 82.2 Å². The maximum absolute atomic E-state index is 13.5. The lowest BCUT2D eigenvalue weighted by molar-refractivity contribution is -0.171. The third-order valence-electron chi connectivity index (χ3n) is 9.08. The van der Waals surface area contributed by atoms with Gasteiger partial charge in [0.05, 0.1) is 23.9 Å². The standard InChI is InChI=1S/C25H36N4O2/c1-16-10-21-20(22(30)15-28-14-17(12-26)13-27-28)7-3-4-9-29(21)24-23(16)19-8-5-6-18(19)11-25(24,2)31/h13-14,16,18-21,23-24,31H,3-11,15H2,1-2H3/t16-,18-,19-,20-,21-,23-,24-,25+/m0/s1. The van der Waals surface area contributed by atoms with E-state index in [-0.39, 0.29) is 30.3 Å². The summed E-state index contributed by atoms with van der Waals surface area (Å²) in [4.78, 5) is 16.0. The average Bonchev–Trinajstić information content (AvgIpc) is 3.32. The number of carbonyl (C=O) groups excluding carboxylic acids is 1. The Morgan fingerprint density at radius 1 is 1.32 bits per heavy atom. The molecule has 0 unspecified atom stereocenters. The van der Waals surface area contributed by atoms with E-state index in [1.54, 1.807) is 10.9 Å². The van der Waals surface area contributed by atoms with Crippen molar-refractivity contribution in [2.75, 3.05) is 6.54 Å². The molecule has 2 aliphatic carbocycles. The fraction of sp³-hybridized carbons (Fsp3) is 0.800. The molecule has 1 aromatic heterocycles. The van der Waals surface area contributed by atoms with Crippen molar-refractivity contribution in [1.82, 2.24) is 14.7 Å². The first-order valence-electron chi connectivity index (χ1n) is 12.3. The van der Waals surface area contributed by atoms with Gasteiger partial charge in [-0.15, -0.1) is 0 Å². The van der Waals surface area contributed by atoms with Crippen molar-refractivity contribution in [3.05, 3.63) is 18.0 Å². The zero-order valence-corrected chi connectivity index (χ0v) is 18.9. The molecular weight excluding hydrogens is 388 g/mol. The smallest absolute Gasteiger partial charge is 0.158 e. The summed E-state index contributed by atoms with van der Waals surface area (Å²) in [5, 5.41) is 25.0. The van der Waals surface area contributed by atoms with Crippen molar-refractivity contribution in [1.29, 1.82) is 5.26 Å². The molecule has 2 saturated heterocycles. The second-order valence-corrected chi connectivity index (χ2v) is 11.1. The molecule has 2 aliphatic heterocycles. The zero-order valence-electron chi connectivity index (χ0n) is 18.9. The van der Waals surface area contributed by atoms with Gasteiger partial charge < -0.3 is 5.11 Å². The van der Waals surface area contributed by atoms with Crippen LogP contribution >= 0.6 is 0 Å². The molecule has 0 spiro atoms. The first-order chi connectivity index (χ1) is 14.9. The summed E-state index contributed by atoms with van der Waals surface area (Å²) < 4.78 is 1.62. The van der Waals surface area contributed by atoms with Gasteiger partial charge in [-0.1, -0.05) is 26.2 Å². The number of aromatic nitrogens is 2. The van der Waals surface area contributed by atoms with Crippen molar-refractivity contribution < 1.29 is 9.90 Å². The lowest BCUT2D eigenvalue weighted by Gasteiger charge is -2.60. The van der Waals surface area contributed by atoms with Gasteiger partial charge in [-0.25, -0.2) is 0 Å². The highest BCUT2D eigenvalue weighted by molar-refractivity contribution is 5.81. The Morgan fingerprint density at radius 3 is 2.94 bits per heavy atom. The number of carbonyl (C=O) groups is 1. The highest BCUT2D eigenvalue weighted by Crippen LogP contribution is 2.56. The molecule has 3 heterocycles. The summed E-state index contributed by atoms with van der Waals surface area (Å²) in [5.74, 6) is 2.71. The number of nitrogens with zero attached hydrogens (tertiary/aromatic N) is 4. The van der Waals surface area contributed by atoms with Crippen molar-refractivity contribution >= 4 is 5.78 Å². The van der Waals surface area contributed by atoms with E-state index in [9.17, 15) is 9.90 Å². The highest BCUT2D eigenvalue weighted by Gasteiger charge is 2.59. The minimum atomic E-state index is -0.676. The predicted molar refractivity (Wildman–Crippen MR) is 117 cm³/mol. The quantitative estimate of drug-likeness (QED) is 0.804. The Bertz CT molecular complexity index is 871. The Hall–Kier alpha value is -1.71. The van der Waals surface area contributed by atoms with Gasteiger partial charge in [-0.2, -0.15) is 10.4 Å². The Morgan fingerprint density at radius 2 is 2.16 bits per heavy atom. The van der Waals surface area contributed by atoms with E-state index in [1.165, 1.54) is 25.5 Å². The molecule has 8 atom stereocenters. The first kappa shape index (κ1) is 21.2. The van der Waals surface area contributed by atoms with E-state index in [1.807, 2.05) is 0 Å². The maximum atomic E-state index is 13.5. The Kier molecular flexibility index (Phi) is 5.46. The molecule has 31 heavy (non-hydrogen) atoms. The number of hydrogen-bond acceptors (Lipinski definition) is 5. The van der Waals surface area contributed by atoms with Crippen LogP contribution in [0.15, 0.2) is 12.4 Å². The molecule has 4 fully saturated rings. The summed E-state index contributed by atoms with van der Waals surface area (Å²) in [6, 6.07) is 2.47. The van der Waals surface area contributed by atoms with Crippen LogP contribution in [-0.4, -0.2) is 49.8 Å². The van der Waals surface area contributed by atoms with E-state index >= 15 is 0 Å². The lowest BCUT2D eigenvalue weighted by Crippen LogP contribution is -2.68. The van der Waals surface area contributed by atoms with Gasteiger partial charge in [0.25, 0.3) is 0 Å². The molecule has 4 aliphatic rings. The number of hydrogen-bond donors (Lipinski definition) is 1. The fourth-order valence-electron chi connectivity index (χ4n) is 8.03. The van der Waals surface area contributed by atoms with Crippen molar-refractivity contribution in [3.8, 4) is 6.07 Å². The maximum Gasteiger partial charge on any atom is 0.158 e. The zero-order chi connectivity index (χ0) is 21.8. The van der Waals surface area contributed by atoms with Crippen molar-refractivity contribution in [3.63, 3.8) is 0 Å². The number of ketones is 1. The Balaban J connectivity index is 1.43. The van der Waals surface area contributed by atoms with Gasteiger partial charge in [-0.3, -0.25) is 14.4 Å². The third-order valence-corrected chi connectivity index (χ3v) is 9.08. The average molecular weight is 425 g/mol. The van der Waals surface area contributed by atoms with Gasteiger partial charge in [0.15, 0.2) is 5.78 Å². The predicted octanol–water partition coefficient (Wildman–Crippen LogP) is 3.39. The van der Waals surface area contributed by atoms with Crippen LogP contribution in [0.5, 0.6) is 0 Å². The number of Topliss-reactive ketones (excluding diaryl/α,β-unsaturated/α-hetero) is 1. The van der Waals surface area contributed by atoms with Crippen LogP contribution in [0.2, 0.25) is 0 Å². The summed E-state index contributed by atoms with van der Waals surface area (Å²) in [6.45, 7) is 5.69. The fourth-order valence-corrected chi connectivity index (χ4v) is 8.03. The van der Waals surface area contributed by atoms with Crippen LogP contribution in [0.1, 0.15) is 70.8 Å². The minimum Gasteiger partial charge on any atom is -0.389 e. The Labute approximate surface area is 185 Å². The molecule has 0 radical (unpaired) electrons. The summed E-state index contributed by atoms with van der Waals surface area (Å²) in [7, 11) is 0. The second-order valence-electron chi connectivity index (χ2n) is 11.1. The molecule has 0 aromatic carbocycles. The normalized spacial score (nSPS) is 42.7. The van der Waals surface area contributed by atoms with Gasteiger partial charge in [0.2, 0.25) is 0 Å². The van der Waals surface area contributed by atoms with Crippen molar-refractivity contribution in [2.45, 2.75) is 89.4 Å². The number of aliphatic hydroxyl groups is 1. The van der Waals surface area contributed by atoms with Gasteiger partial charge in [0.1, 0.15) is 6.07 Å². The molecule has 6 heteroatoms. The highest BCUT2D eigenvalue weighted by atomic mass is 16.3. The van der Waals surface area contributed by atoms with Crippen LogP contribution in [0.25, 0.3) is 0 Å². The minimum absolute atomic E-state index is 0.0160. The monoisotopic (exact) mass is 424 g/mol. The molecule has 1 N–H and O–H groups in total. The van der Waals surface area contributed by atoms with Crippen LogP contribution in [0.4, 0.5) is 0 Å². The number of rotatable bonds is 3. The molecule has 1 aromatic rings. The molecule has 5 rings (SSSR count). The van der Waals surface area contributed by atoms with Gasteiger partial charge in [0, 0.05) is 24.2 Å². The van der Waals surface area contributed by atoms with E-state index < -0.39 is 5.60 Å². The van der Waals surface area contributed by atoms with E-state index in [0.29, 0.717) is 23.3 Å². The molecule has 0 bridgehead atoms. The third kappa shape index (κ3) is 3.64. The first-order valence-corrected chi connectivity index (χ1v) is 12.3. The number of nitriles is 1. The molecule has 6 nitrogen and oxygen atoms in total. The van der Waals surface area contributed by atoms with Crippen LogP contribution < -0.4 is 0 Å². The molecule has 168 valence electrons. The van der Waals surface area contributed by atoms with E-state index in [4.69, 9.17) is 5.26 Å². The lowest BCUT2D eigenvalue weighted by atomic mass is 9.57. The molecule has 0 amide bonds. The molecular formula is C25H36N4O2. The SMILES string of the molecule is C[C@H]1C[C@H]2[C@@H](C(=O)Cn3cc(C#N)cn3)CCCCN2[C@H]2[C@@H]1[C@H]1CCC[C@H]1C[C@@]2(C)O. The van der Waals surface area contributed by atoms with Crippen LogP contribution in [-0.2, 0) is 11.3 Å². The number of fused-ring (bicyclic) bond motifs is 5. The largest absolute Gasteiger partial charge is 0.389 e. The van der Waals surface area contributed by atoms with Crippen LogP contribution in [0, 0.1) is 40.9 Å². The van der Waals surface area contributed by atoms with Crippen molar-refractivity contribution in [2.24, 2.45) is 29.6 Å². The summed E-state index contributed by atoms with van der Waals surface area (Å²) in [6.07, 6.45) is 12.1. The molecule has 2 saturated carbocycles. The van der Waals surface area contributed by atoms with E-state index in [0.717, 1.165) is 44.6 Å². The summed E-state index contributed by atoms with van der Waals surface area (Å²) >= 11 is 0. The second kappa shape index (κ2) is 8.01. The van der Waals surface area contributed by atoms with Gasteiger partial charge in [-0.05, 0) is 69.2 Å². The van der Waals surface area contributed by atoms with Crippen LogP contribution in [0.3, 0.4) is 0 Å². The van der Waals surface area contributed by atoms with Gasteiger partial charge >= 0.3 is 0 Å². The van der Waals surface area contributed by atoms with E-state index in [2.05, 4.69) is 29.9 Å².